The molecular weight excluding hydrogens is 513 g/mol. The number of nitrogens with one attached hydrogen (secondary N) is 1. The van der Waals surface area contributed by atoms with Crippen LogP contribution in [0.4, 0.5) is 30.7 Å². The first-order valence-corrected chi connectivity index (χ1v) is 10.6. The third kappa shape index (κ3) is 6.60. The Balaban J connectivity index is 1.70. The molecule has 0 saturated carbocycles. The Hall–Kier alpha value is -4.03. The molecule has 13 heteroatoms. The topological polar surface area (TPSA) is 80.6 Å². The maximum atomic E-state index is 13.9. The fourth-order valence-corrected chi connectivity index (χ4v) is 3.34. The van der Waals surface area contributed by atoms with Crippen LogP contribution in [0.3, 0.4) is 0 Å². The van der Waals surface area contributed by atoms with Gasteiger partial charge in [-0.3, -0.25) is 9.59 Å². The van der Waals surface area contributed by atoms with Crippen molar-refractivity contribution in [1.82, 2.24) is 9.88 Å². The zero-order chi connectivity index (χ0) is 27.5. The average molecular weight is 532 g/mol. The Morgan fingerprint density at radius 2 is 1.59 bits per heavy atom. The van der Waals surface area contributed by atoms with Crippen LogP contribution in [0.1, 0.15) is 27.9 Å². The lowest BCUT2D eigenvalue weighted by Crippen LogP contribution is -2.29. The van der Waals surface area contributed by atoms with Gasteiger partial charge in [-0.05, 0) is 55.0 Å². The predicted octanol–water partition coefficient (Wildman–Crippen LogP) is 5.13. The molecule has 0 saturated heterocycles. The number of ether oxygens (including phenoxy) is 1. The van der Waals surface area contributed by atoms with Gasteiger partial charge in [0.2, 0.25) is 0 Å². The number of pyridine rings is 1. The number of hydrogen-bond donors (Lipinski definition) is 2. The Kier molecular flexibility index (Phi) is 7.84. The van der Waals surface area contributed by atoms with Crippen molar-refractivity contribution in [1.29, 1.82) is 0 Å². The van der Waals surface area contributed by atoms with Crippen molar-refractivity contribution in [3.63, 3.8) is 0 Å². The van der Waals surface area contributed by atoms with Crippen LogP contribution < -0.4 is 15.6 Å². The molecule has 0 bridgehead atoms. The van der Waals surface area contributed by atoms with Gasteiger partial charge in [0, 0.05) is 19.2 Å². The highest BCUT2D eigenvalue weighted by atomic mass is 19.4. The van der Waals surface area contributed by atoms with Gasteiger partial charge >= 0.3 is 12.4 Å². The van der Waals surface area contributed by atoms with E-state index in [1.54, 1.807) is 0 Å². The molecule has 0 unspecified atom stereocenters. The highest BCUT2D eigenvalue weighted by molar-refractivity contribution is 5.97. The zero-order valence-electron chi connectivity index (χ0n) is 19.0. The summed E-state index contributed by atoms with van der Waals surface area (Å²) in [7, 11) is 1.13. The predicted molar refractivity (Wildman–Crippen MR) is 118 cm³/mol. The van der Waals surface area contributed by atoms with Gasteiger partial charge in [0.05, 0.1) is 29.0 Å². The smallest absolute Gasteiger partial charge is 0.416 e. The Labute approximate surface area is 204 Å². The third-order valence-electron chi connectivity index (χ3n) is 5.23. The molecule has 0 radical (unpaired) electrons. The lowest BCUT2D eigenvalue weighted by Gasteiger charge is -2.15. The standard InChI is InChI=1S/C24H19F7N2O4/c1-33-19(13-9-15(24(29,30)31)11-16(25)10-13)12-18(20(34)22(33)36)21(35)32-7-2-8-37-17-5-3-14(4-6-17)23(26,27)28/h3-6,9-12,34H,2,7-8H2,1H3,(H,32,35). The van der Waals surface area contributed by atoms with Crippen molar-refractivity contribution in [2.75, 3.05) is 13.2 Å². The Morgan fingerprint density at radius 3 is 2.19 bits per heavy atom. The van der Waals surface area contributed by atoms with Crippen molar-refractivity contribution < 1.29 is 45.4 Å². The van der Waals surface area contributed by atoms with E-state index in [4.69, 9.17) is 4.74 Å². The molecule has 3 rings (SSSR count). The van der Waals surface area contributed by atoms with E-state index in [2.05, 4.69) is 5.32 Å². The summed E-state index contributed by atoms with van der Waals surface area (Å²) in [4.78, 5) is 25.0. The molecule has 2 aromatic carbocycles. The van der Waals surface area contributed by atoms with Crippen LogP contribution in [0.2, 0.25) is 0 Å². The molecule has 1 heterocycles. The van der Waals surface area contributed by atoms with Crippen LogP contribution in [0, 0.1) is 5.82 Å². The summed E-state index contributed by atoms with van der Waals surface area (Å²) >= 11 is 0. The molecule has 2 N–H and O–H groups in total. The van der Waals surface area contributed by atoms with Gasteiger partial charge < -0.3 is 19.7 Å². The zero-order valence-corrected chi connectivity index (χ0v) is 19.0. The van der Waals surface area contributed by atoms with E-state index >= 15 is 0 Å². The highest BCUT2D eigenvalue weighted by Crippen LogP contribution is 2.34. The second-order valence-electron chi connectivity index (χ2n) is 7.86. The van der Waals surface area contributed by atoms with Crippen LogP contribution in [0.15, 0.2) is 53.3 Å². The number of amides is 1. The molecule has 0 fully saturated rings. The number of aromatic hydroxyl groups is 1. The lowest BCUT2D eigenvalue weighted by molar-refractivity contribution is -0.138. The van der Waals surface area contributed by atoms with Gasteiger partial charge in [-0.15, -0.1) is 0 Å². The number of halogens is 7. The first kappa shape index (κ1) is 27.6. The SMILES string of the molecule is Cn1c(-c2cc(F)cc(C(F)(F)F)c2)cc(C(=O)NCCCOc2ccc(C(F)(F)F)cc2)c(O)c1=O. The molecule has 6 nitrogen and oxygen atoms in total. The first-order chi connectivity index (χ1) is 17.2. The van der Waals surface area contributed by atoms with E-state index in [1.165, 1.54) is 0 Å². The number of nitrogens with zero attached hydrogens (tertiary/aromatic N) is 1. The number of alkyl halides is 6. The largest absolute Gasteiger partial charge is 0.502 e. The van der Waals surface area contributed by atoms with Crippen LogP contribution in [0.5, 0.6) is 11.5 Å². The van der Waals surface area contributed by atoms with Crippen molar-refractivity contribution in [3.05, 3.63) is 81.4 Å². The molecule has 0 aliphatic rings. The van der Waals surface area contributed by atoms with Crippen LogP contribution >= 0.6 is 0 Å². The second-order valence-corrected chi connectivity index (χ2v) is 7.86. The molecule has 1 aromatic heterocycles. The van der Waals surface area contributed by atoms with Crippen LogP contribution in [-0.4, -0.2) is 28.7 Å². The summed E-state index contributed by atoms with van der Waals surface area (Å²) in [5.41, 5.74) is -4.37. The van der Waals surface area contributed by atoms with E-state index < -0.39 is 52.1 Å². The van der Waals surface area contributed by atoms with Crippen LogP contribution in [-0.2, 0) is 19.4 Å². The van der Waals surface area contributed by atoms with Crippen molar-refractivity contribution in [2.45, 2.75) is 18.8 Å². The van der Waals surface area contributed by atoms with Gasteiger partial charge in [0.25, 0.3) is 11.5 Å². The minimum absolute atomic E-state index is 0.00292. The quantitative estimate of drug-likeness (QED) is 0.327. The molecule has 3 aromatic rings. The molecule has 0 aliphatic carbocycles. The molecule has 0 aliphatic heterocycles. The monoisotopic (exact) mass is 532 g/mol. The Morgan fingerprint density at radius 1 is 0.973 bits per heavy atom. The van der Waals surface area contributed by atoms with E-state index in [-0.39, 0.29) is 42.6 Å². The molecule has 1 amide bonds. The maximum Gasteiger partial charge on any atom is 0.416 e. The minimum Gasteiger partial charge on any atom is -0.502 e. The lowest BCUT2D eigenvalue weighted by atomic mass is 10.0. The minimum atomic E-state index is -4.87. The summed E-state index contributed by atoms with van der Waals surface area (Å²) in [5, 5.41) is 12.5. The molecule has 0 atom stereocenters. The van der Waals surface area contributed by atoms with E-state index in [0.29, 0.717) is 6.07 Å². The van der Waals surface area contributed by atoms with Gasteiger partial charge in [-0.1, -0.05) is 0 Å². The number of rotatable bonds is 7. The summed E-state index contributed by atoms with van der Waals surface area (Å²) in [5.74, 6) is -2.94. The van der Waals surface area contributed by atoms with Crippen LogP contribution in [0.25, 0.3) is 11.3 Å². The Bertz CT molecular complexity index is 1350. The van der Waals surface area contributed by atoms with Gasteiger partial charge in [0.1, 0.15) is 11.6 Å². The number of carbonyl (C=O) groups excluding carboxylic acids is 1. The fourth-order valence-electron chi connectivity index (χ4n) is 3.34. The molecule has 0 spiro atoms. The van der Waals surface area contributed by atoms with Gasteiger partial charge in [0.15, 0.2) is 5.75 Å². The number of carbonyl (C=O) groups is 1. The summed E-state index contributed by atoms with van der Waals surface area (Å²) < 4.78 is 97.0. The normalized spacial score (nSPS) is 11.9. The van der Waals surface area contributed by atoms with Gasteiger partial charge in [-0.25, -0.2) is 4.39 Å². The number of benzene rings is 2. The van der Waals surface area contributed by atoms with Gasteiger partial charge in [-0.2, -0.15) is 26.3 Å². The molecule has 198 valence electrons. The van der Waals surface area contributed by atoms with E-state index in [9.17, 15) is 45.4 Å². The van der Waals surface area contributed by atoms with E-state index in [1.807, 2.05) is 0 Å². The number of hydrogen-bond acceptors (Lipinski definition) is 4. The fraction of sp³-hybridized carbons (Fsp3) is 0.250. The summed E-state index contributed by atoms with van der Waals surface area (Å²) in [6, 6.07) is 6.57. The highest BCUT2D eigenvalue weighted by Gasteiger charge is 2.32. The maximum absolute atomic E-state index is 13.9. The third-order valence-corrected chi connectivity index (χ3v) is 5.23. The van der Waals surface area contributed by atoms with E-state index in [0.717, 1.165) is 48.0 Å². The average Bonchev–Trinajstić information content (AvgIpc) is 2.81. The number of aromatic nitrogens is 1. The first-order valence-electron chi connectivity index (χ1n) is 10.6. The molecule has 37 heavy (non-hydrogen) atoms. The second kappa shape index (κ2) is 10.5. The summed E-state index contributed by atoms with van der Waals surface area (Å²) in [6.45, 7) is -0.0371. The summed E-state index contributed by atoms with van der Waals surface area (Å²) in [6.07, 6.45) is -9.17. The van der Waals surface area contributed by atoms with Crippen molar-refractivity contribution in [2.24, 2.45) is 7.05 Å². The molecular formula is C24H19F7N2O4. The van der Waals surface area contributed by atoms with Crippen molar-refractivity contribution in [3.8, 4) is 22.8 Å². The van der Waals surface area contributed by atoms with Crippen molar-refractivity contribution >= 4 is 5.91 Å².